The number of Topliss-reactive ketones (excluding diaryl/α,β-unsaturated/α-hetero) is 1. The zero-order valence-electron chi connectivity index (χ0n) is 12.7. The smallest absolute Gasteiger partial charge is 0.220 e. The van der Waals surface area contributed by atoms with Gasteiger partial charge in [-0.3, -0.25) is 14.6 Å². The highest BCUT2D eigenvalue weighted by atomic mass is 16.5. The van der Waals surface area contributed by atoms with E-state index in [9.17, 15) is 9.59 Å². The fraction of sp³-hybridized carbons (Fsp3) is 0.278. The molecule has 118 valence electrons. The first-order valence-corrected chi connectivity index (χ1v) is 7.69. The minimum absolute atomic E-state index is 0.0927. The highest BCUT2D eigenvalue weighted by Crippen LogP contribution is 2.24. The van der Waals surface area contributed by atoms with E-state index < -0.39 is 6.04 Å². The van der Waals surface area contributed by atoms with Crippen molar-refractivity contribution in [3.63, 3.8) is 0 Å². The van der Waals surface area contributed by atoms with Crippen molar-refractivity contribution < 1.29 is 14.3 Å². The monoisotopic (exact) mass is 310 g/mol. The Bertz CT molecular complexity index is 700. The predicted molar refractivity (Wildman–Crippen MR) is 85.4 cm³/mol. The molecule has 1 atom stereocenters. The number of nitrogens with one attached hydrogen (secondary N) is 1. The molecule has 1 aromatic heterocycles. The Labute approximate surface area is 134 Å². The fourth-order valence-corrected chi connectivity index (χ4v) is 2.58. The lowest BCUT2D eigenvalue weighted by Gasteiger charge is -2.24. The van der Waals surface area contributed by atoms with Crippen molar-refractivity contribution in [1.82, 2.24) is 10.3 Å². The highest BCUT2D eigenvalue weighted by Gasteiger charge is 2.29. The second kappa shape index (κ2) is 7.05. The number of nitrogens with zero attached hydrogens (tertiary/aromatic N) is 1. The molecule has 0 spiro atoms. The molecule has 0 radical (unpaired) electrons. The van der Waals surface area contributed by atoms with Crippen LogP contribution in [0.1, 0.15) is 28.9 Å². The van der Waals surface area contributed by atoms with Crippen molar-refractivity contribution in [3.05, 3.63) is 59.9 Å². The molecule has 1 aliphatic rings. The molecule has 5 nitrogen and oxygen atoms in total. The van der Waals surface area contributed by atoms with Gasteiger partial charge in [-0.2, -0.15) is 0 Å². The van der Waals surface area contributed by atoms with Crippen molar-refractivity contribution >= 4 is 11.7 Å². The molecule has 0 fully saturated rings. The van der Waals surface area contributed by atoms with Crippen molar-refractivity contribution in [2.24, 2.45) is 0 Å². The van der Waals surface area contributed by atoms with Gasteiger partial charge < -0.3 is 10.1 Å². The summed E-state index contributed by atoms with van der Waals surface area (Å²) in [7, 11) is 0. The van der Waals surface area contributed by atoms with E-state index in [-0.39, 0.29) is 18.3 Å². The molecule has 1 aromatic carbocycles. The van der Waals surface area contributed by atoms with Gasteiger partial charge in [-0.05, 0) is 37.1 Å². The zero-order valence-corrected chi connectivity index (χ0v) is 12.7. The van der Waals surface area contributed by atoms with Crippen LogP contribution in [0.2, 0.25) is 0 Å². The summed E-state index contributed by atoms with van der Waals surface area (Å²) < 4.78 is 5.54. The molecule has 0 bridgehead atoms. The van der Waals surface area contributed by atoms with Gasteiger partial charge in [0.15, 0.2) is 5.78 Å². The van der Waals surface area contributed by atoms with Crippen molar-refractivity contribution in [3.8, 4) is 5.75 Å². The van der Waals surface area contributed by atoms with Crippen LogP contribution < -0.4 is 10.1 Å². The number of hydrogen-bond acceptors (Lipinski definition) is 4. The summed E-state index contributed by atoms with van der Waals surface area (Å²) in [5, 5.41) is 2.76. The summed E-state index contributed by atoms with van der Waals surface area (Å²) in [5.41, 5.74) is 1.49. The number of pyridine rings is 1. The van der Waals surface area contributed by atoms with Crippen LogP contribution in [0.3, 0.4) is 0 Å². The third-order valence-electron chi connectivity index (χ3n) is 3.77. The molecular weight excluding hydrogens is 292 g/mol. The largest absolute Gasteiger partial charge is 0.490 e. The molecular formula is C18H18N2O3. The first kappa shape index (κ1) is 15.2. The van der Waals surface area contributed by atoms with Crippen LogP contribution in [-0.4, -0.2) is 29.3 Å². The maximum absolute atomic E-state index is 12.3. The fourth-order valence-electron chi connectivity index (χ4n) is 2.58. The van der Waals surface area contributed by atoms with Gasteiger partial charge in [0.1, 0.15) is 18.4 Å². The van der Waals surface area contributed by atoms with Crippen LogP contribution in [-0.2, 0) is 11.2 Å². The number of fused-ring (bicyclic) bond motifs is 1. The maximum atomic E-state index is 12.3. The average Bonchev–Trinajstić information content (AvgIpc) is 2.59. The highest BCUT2D eigenvalue weighted by molar-refractivity contribution is 6.04. The number of carbonyl (C=O) groups excluding carboxylic acids is 2. The number of ketones is 1. The molecule has 1 aliphatic heterocycles. The van der Waals surface area contributed by atoms with Gasteiger partial charge >= 0.3 is 0 Å². The topological polar surface area (TPSA) is 68.3 Å². The van der Waals surface area contributed by atoms with Crippen LogP contribution in [0.4, 0.5) is 0 Å². The number of para-hydroxylation sites is 1. The quantitative estimate of drug-likeness (QED) is 0.919. The number of aryl methyl sites for hydroxylation is 1. The standard InChI is InChI=1S/C18H18N2O3/c21-17(10-5-7-13-6-3-4-11-19-13)20-15-12-23-16-9-2-1-8-14(16)18(15)22/h1-4,6,8-9,11,15H,5,7,10,12H2,(H,20,21)/t15-/m1/s1. The molecule has 0 saturated heterocycles. The molecule has 3 rings (SSSR count). The SMILES string of the molecule is O=C(CCCc1ccccn1)N[C@@H]1COc2ccccc2C1=O. The number of carbonyl (C=O) groups is 2. The van der Waals surface area contributed by atoms with E-state index in [0.717, 1.165) is 12.1 Å². The van der Waals surface area contributed by atoms with Crippen LogP contribution >= 0.6 is 0 Å². The number of hydrogen-bond donors (Lipinski definition) is 1. The first-order chi connectivity index (χ1) is 11.2. The van der Waals surface area contributed by atoms with Gasteiger partial charge in [-0.25, -0.2) is 0 Å². The first-order valence-electron chi connectivity index (χ1n) is 7.69. The van der Waals surface area contributed by atoms with E-state index in [2.05, 4.69) is 10.3 Å². The van der Waals surface area contributed by atoms with Crippen molar-refractivity contribution in [2.75, 3.05) is 6.61 Å². The Hall–Kier alpha value is -2.69. The van der Waals surface area contributed by atoms with Crippen LogP contribution in [0.25, 0.3) is 0 Å². The number of rotatable bonds is 5. The summed E-state index contributed by atoms with van der Waals surface area (Å²) >= 11 is 0. The molecule has 1 N–H and O–H groups in total. The Morgan fingerprint density at radius 1 is 1.22 bits per heavy atom. The van der Waals surface area contributed by atoms with E-state index in [1.165, 1.54) is 0 Å². The molecule has 0 unspecified atom stereocenters. The Balaban J connectivity index is 1.50. The Morgan fingerprint density at radius 2 is 2.04 bits per heavy atom. The number of ether oxygens (including phenoxy) is 1. The summed E-state index contributed by atoms with van der Waals surface area (Å²) in [5.74, 6) is 0.352. The maximum Gasteiger partial charge on any atom is 0.220 e. The molecule has 1 amide bonds. The lowest BCUT2D eigenvalue weighted by molar-refractivity contribution is -0.121. The number of benzene rings is 1. The van der Waals surface area contributed by atoms with Gasteiger partial charge in [-0.1, -0.05) is 18.2 Å². The van der Waals surface area contributed by atoms with E-state index in [1.54, 1.807) is 24.4 Å². The van der Waals surface area contributed by atoms with Crippen LogP contribution in [0.15, 0.2) is 48.7 Å². The predicted octanol–water partition coefficient (Wildman–Crippen LogP) is 2.16. The van der Waals surface area contributed by atoms with Gasteiger partial charge in [0.25, 0.3) is 0 Å². The van der Waals surface area contributed by atoms with Gasteiger partial charge in [0.2, 0.25) is 5.91 Å². The van der Waals surface area contributed by atoms with E-state index in [1.807, 2.05) is 24.3 Å². The number of amides is 1. The normalized spacial score (nSPS) is 16.3. The van der Waals surface area contributed by atoms with Crippen molar-refractivity contribution in [1.29, 1.82) is 0 Å². The summed E-state index contributed by atoms with van der Waals surface area (Å²) in [6, 6.07) is 12.2. The van der Waals surface area contributed by atoms with Crippen LogP contribution in [0.5, 0.6) is 5.75 Å². The van der Waals surface area contributed by atoms with E-state index in [0.29, 0.717) is 24.2 Å². The lowest BCUT2D eigenvalue weighted by Crippen LogP contribution is -2.47. The minimum Gasteiger partial charge on any atom is -0.490 e. The molecule has 0 saturated carbocycles. The van der Waals surface area contributed by atoms with Crippen LogP contribution in [0, 0.1) is 0 Å². The third-order valence-corrected chi connectivity index (χ3v) is 3.77. The average molecular weight is 310 g/mol. The third kappa shape index (κ3) is 3.74. The van der Waals surface area contributed by atoms with Crippen molar-refractivity contribution in [2.45, 2.75) is 25.3 Å². The van der Waals surface area contributed by atoms with E-state index >= 15 is 0 Å². The minimum atomic E-state index is -0.604. The zero-order chi connectivity index (χ0) is 16.1. The number of aromatic nitrogens is 1. The molecule has 2 heterocycles. The molecule has 0 aliphatic carbocycles. The molecule has 2 aromatic rings. The molecule has 5 heteroatoms. The summed E-state index contributed by atoms with van der Waals surface area (Å²) in [6.45, 7) is 0.182. The Kier molecular flexibility index (Phi) is 4.66. The van der Waals surface area contributed by atoms with Gasteiger partial charge in [0, 0.05) is 18.3 Å². The summed E-state index contributed by atoms with van der Waals surface area (Å²) in [4.78, 5) is 28.6. The molecule has 23 heavy (non-hydrogen) atoms. The van der Waals surface area contributed by atoms with Gasteiger partial charge in [0.05, 0.1) is 5.56 Å². The Morgan fingerprint density at radius 3 is 2.87 bits per heavy atom. The second-order valence-corrected chi connectivity index (χ2v) is 5.47. The second-order valence-electron chi connectivity index (χ2n) is 5.47. The summed E-state index contributed by atoms with van der Waals surface area (Å²) in [6.07, 6.45) is 3.54. The lowest BCUT2D eigenvalue weighted by atomic mass is 10.0. The van der Waals surface area contributed by atoms with E-state index in [4.69, 9.17) is 4.74 Å². The van der Waals surface area contributed by atoms with Gasteiger partial charge in [-0.15, -0.1) is 0 Å².